The number of H-pyrrole nitrogens is 1. The van der Waals surface area contributed by atoms with Crippen molar-refractivity contribution in [3.8, 4) is 6.07 Å². The molecule has 0 aliphatic carbocycles. The van der Waals surface area contributed by atoms with Crippen molar-refractivity contribution < 1.29 is 9.18 Å². The van der Waals surface area contributed by atoms with E-state index in [1.165, 1.54) is 24.3 Å². The molecule has 0 saturated carbocycles. The number of rotatable bonds is 5. The number of nitrogens with zero attached hydrogens (tertiary/aromatic N) is 1. The molecule has 0 bridgehead atoms. The highest BCUT2D eigenvalue weighted by atomic mass is 35.5. The molecule has 26 heavy (non-hydrogen) atoms. The van der Waals surface area contributed by atoms with Crippen LogP contribution < -0.4 is 5.32 Å². The van der Waals surface area contributed by atoms with Crippen LogP contribution in [0.15, 0.2) is 54.2 Å². The molecule has 0 radical (unpaired) electrons. The Morgan fingerprint density at radius 2 is 2.08 bits per heavy atom. The van der Waals surface area contributed by atoms with Crippen molar-refractivity contribution in [3.05, 3.63) is 76.2 Å². The molecule has 0 fully saturated rings. The van der Waals surface area contributed by atoms with Gasteiger partial charge in [-0.15, -0.1) is 0 Å². The maximum absolute atomic E-state index is 13.8. The molecule has 1 amide bonds. The van der Waals surface area contributed by atoms with Gasteiger partial charge in [-0.1, -0.05) is 35.9 Å². The highest BCUT2D eigenvalue weighted by Crippen LogP contribution is 2.22. The summed E-state index contributed by atoms with van der Waals surface area (Å²) in [5, 5.41) is 13.1. The Balaban J connectivity index is 1.68. The molecule has 1 aromatic heterocycles. The average molecular weight is 368 g/mol. The largest absolute Gasteiger partial charge is 0.361 e. The number of amides is 1. The number of nitrogens with one attached hydrogen (secondary N) is 2. The van der Waals surface area contributed by atoms with Crippen LogP contribution in [-0.4, -0.2) is 17.4 Å². The number of halogens is 2. The summed E-state index contributed by atoms with van der Waals surface area (Å²) >= 11 is 5.93. The lowest BCUT2D eigenvalue weighted by Crippen LogP contribution is -2.26. The zero-order valence-corrected chi connectivity index (χ0v) is 14.5. The molecule has 6 heteroatoms. The van der Waals surface area contributed by atoms with Crippen molar-refractivity contribution in [2.24, 2.45) is 0 Å². The molecular weight excluding hydrogens is 353 g/mol. The van der Waals surface area contributed by atoms with E-state index >= 15 is 0 Å². The number of carbonyl (C=O) groups excluding carboxylic acids is 1. The van der Waals surface area contributed by atoms with Crippen LogP contribution in [0.4, 0.5) is 4.39 Å². The average Bonchev–Trinajstić information content (AvgIpc) is 3.05. The third kappa shape index (κ3) is 3.76. The minimum Gasteiger partial charge on any atom is -0.361 e. The second kappa shape index (κ2) is 7.85. The van der Waals surface area contributed by atoms with Gasteiger partial charge in [0, 0.05) is 29.2 Å². The van der Waals surface area contributed by atoms with Crippen LogP contribution >= 0.6 is 11.6 Å². The van der Waals surface area contributed by atoms with E-state index in [4.69, 9.17) is 11.6 Å². The fraction of sp³-hybridized carbons (Fsp3) is 0.100. The molecular formula is C20H15ClFN3O. The van der Waals surface area contributed by atoms with Crippen LogP contribution in [0.3, 0.4) is 0 Å². The van der Waals surface area contributed by atoms with Crippen molar-refractivity contribution in [1.29, 1.82) is 5.26 Å². The summed E-state index contributed by atoms with van der Waals surface area (Å²) in [6.07, 6.45) is 3.67. The third-order valence-corrected chi connectivity index (χ3v) is 4.34. The summed E-state index contributed by atoms with van der Waals surface area (Å²) in [5.41, 5.74) is 1.93. The van der Waals surface area contributed by atoms with E-state index in [1.54, 1.807) is 6.07 Å². The fourth-order valence-electron chi connectivity index (χ4n) is 2.69. The van der Waals surface area contributed by atoms with Crippen LogP contribution in [0.1, 0.15) is 11.1 Å². The van der Waals surface area contributed by atoms with Crippen molar-refractivity contribution in [2.75, 3.05) is 6.54 Å². The highest BCUT2D eigenvalue weighted by molar-refractivity contribution is 6.32. The summed E-state index contributed by atoms with van der Waals surface area (Å²) in [6.45, 7) is 0.352. The van der Waals surface area contributed by atoms with Gasteiger partial charge in [0.1, 0.15) is 17.5 Å². The van der Waals surface area contributed by atoms with Gasteiger partial charge in [0.25, 0.3) is 5.91 Å². The number of hydrogen-bond acceptors (Lipinski definition) is 2. The lowest BCUT2D eigenvalue weighted by molar-refractivity contribution is -0.117. The molecule has 4 nitrogen and oxygen atoms in total. The standard InChI is InChI=1S/C20H15ClFN3O/c21-17-5-3-6-18(22)16(17)10-14(11-23)20(26)24-9-8-13-12-25-19-7-2-1-4-15(13)19/h1-7,10,12,25H,8-9H2,(H,24,26)/b14-10+. The van der Waals surface area contributed by atoms with Crippen LogP contribution in [0.5, 0.6) is 0 Å². The topological polar surface area (TPSA) is 68.7 Å². The van der Waals surface area contributed by atoms with Gasteiger partial charge in [0.2, 0.25) is 0 Å². The monoisotopic (exact) mass is 367 g/mol. The first-order chi connectivity index (χ1) is 12.6. The zero-order chi connectivity index (χ0) is 18.5. The summed E-state index contributed by atoms with van der Waals surface area (Å²) < 4.78 is 13.8. The smallest absolute Gasteiger partial charge is 0.261 e. The molecule has 3 aromatic rings. The number of aromatic amines is 1. The second-order valence-corrected chi connectivity index (χ2v) is 6.08. The third-order valence-electron chi connectivity index (χ3n) is 4.01. The van der Waals surface area contributed by atoms with Gasteiger partial charge < -0.3 is 10.3 Å². The highest BCUT2D eigenvalue weighted by Gasteiger charge is 2.12. The molecule has 1 heterocycles. The van der Waals surface area contributed by atoms with E-state index in [-0.39, 0.29) is 16.2 Å². The number of para-hydroxylation sites is 1. The Bertz CT molecular complexity index is 1010. The van der Waals surface area contributed by atoms with Crippen molar-refractivity contribution in [2.45, 2.75) is 6.42 Å². The first-order valence-corrected chi connectivity index (χ1v) is 8.37. The van der Waals surface area contributed by atoms with E-state index in [0.717, 1.165) is 16.5 Å². The first-order valence-electron chi connectivity index (χ1n) is 7.99. The van der Waals surface area contributed by atoms with Crippen LogP contribution in [0.25, 0.3) is 17.0 Å². The predicted molar refractivity (Wildman–Crippen MR) is 100 cm³/mol. The predicted octanol–water partition coefficient (Wildman–Crippen LogP) is 4.23. The maximum atomic E-state index is 13.8. The second-order valence-electron chi connectivity index (χ2n) is 5.67. The Morgan fingerprint density at radius 1 is 1.27 bits per heavy atom. The number of benzene rings is 2. The molecule has 3 rings (SSSR count). The van der Waals surface area contributed by atoms with Crippen LogP contribution in [-0.2, 0) is 11.2 Å². The van der Waals surface area contributed by atoms with Crippen LogP contribution in [0, 0.1) is 17.1 Å². The molecule has 0 unspecified atom stereocenters. The van der Waals surface area contributed by atoms with Crippen molar-refractivity contribution >= 4 is 34.5 Å². The Morgan fingerprint density at radius 3 is 2.85 bits per heavy atom. The number of nitriles is 1. The Labute approximate surface area is 154 Å². The minimum absolute atomic E-state index is 0.0255. The van der Waals surface area contributed by atoms with Gasteiger partial charge in [0.15, 0.2) is 0 Å². The van der Waals surface area contributed by atoms with Gasteiger partial charge in [-0.3, -0.25) is 4.79 Å². The van der Waals surface area contributed by atoms with Gasteiger partial charge in [0.05, 0.1) is 5.02 Å². The van der Waals surface area contributed by atoms with Gasteiger partial charge in [-0.2, -0.15) is 5.26 Å². The van der Waals surface area contributed by atoms with E-state index in [0.29, 0.717) is 13.0 Å². The molecule has 0 atom stereocenters. The molecule has 0 spiro atoms. The summed E-state index contributed by atoms with van der Waals surface area (Å²) in [4.78, 5) is 15.4. The number of carbonyl (C=O) groups is 1. The summed E-state index contributed by atoms with van der Waals surface area (Å²) in [5.74, 6) is -1.15. The Kier molecular flexibility index (Phi) is 5.35. The quantitative estimate of drug-likeness (QED) is 0.523. The van der Waals surface area contributed by atoms with Crippen LogP contribution in [0.2, 0.25) is 5.02 Å². The normalized spacial score (nSPS) is 11.3. The first kappa shape index (κ1) is 17.7. The van der Waals surface area contributed by atoms with Crippen molar-refractivity contribution in [3.63, 3.8) is 0 Å². The molecule has 2 N–H and O–H groups in total. The fourth-order valence-corrected chi connectivity index (χ4v) is 2.90. The summed E-state index contributed by atoms with van der Waals surface area (Å²) in [6, 6.07) is 13.9. The molecule has 0 saturated heterocycles. The minimum atomic E-state index is -0.586. The zero-order valence-electron chi connectivity index (χ0n) is 13.7. The van der Waals surface area contributed by atoms with Crippen molar-refractivity contribution in [1.82, 2.24) is 10.3 Å². The SMILES string of the molecule is N#C/C(=C\c1c(F)cccc1Cl)C(=O)NCCc1c[nH]c2ccccc12. The molecule has 0 aliphatic heterocycles. The van der Waals surface area contributed by atoms with Gasteiger partial charge >= 0.3 is 0 Å². The number of fused-ring (bicyclic) bond motifs is 1. The molecule has 2 aromatic carbocycles. The van der Waals surface area contributed by atoms with E-state index in [1.807, 2.05) is 30.5 Å². The van der Waals surface area contributed by atoms with Gasteiger partial charge in [-0.05, 0) is 36.3 Å². The van der Waals surface area contributed by atoms with Gasteiger partial charge in [-0.25, -0.2) is 4.39 Å². The Hall–Kier alpha value is -3.10. The lowest BCUT2D eigenvalue weighted by atomic mass is 10.1. The number of aromatic nitrogens is 1. The van der Waals surface area contributed by atoms with E-state index in [2.05, 4.69) is 10.3 Å². The van der Waals surface area contributed by atoms with E-state index in [9.17, 15) is 14.4 Å². The van der Waals surface area contributed by atoms with E-state index < -0.39 is 11.7 Å². The molecule has 130 valence electrons. The summed E-state index contributed by atoms with van der Waals surface area (Å²) in [7, 11) is 0. The molecule has 0 aliphatic rings. The lowest BCUT2D eigenvalue weighted by Gasteiger charge is -2.05. The maximum Gasteiger partial charge on any atom is 0.261 e. The number of hydrogen-bond donors (Lipinski definition) is 2.